The number of rotatable bonds is 9. The highest BCUT2D eigenvalue weighted by molar-refractivity contribution is 7.92. The second-order valence-electron chi connectivity index (χ2n) is 7.57. The standard InChI is InChI=1S/C18H21N6O9PS/c1-18(35(2,31)32,17(26)24(27)33-34(28,29)30)7-10-22-12-19-15(11-16(22)25)13-3-5-14(6-4-13)23-20-8-9-21-23/h3-6,8-9,11-12,27H,7,10H2,1-2H3,(H2,28,29,30). The molecule has 0 saturated heterocycles. The van der Waals surface area contributed by atoms with Crippen LogP contribution in [-0.2, 0) is 30.4 Å². The number of amides is 1. The minimum absolute atomic E-state index is 0.324. The molecular weight excluding hydrogens is 507 g/mol. The molecule has 2 aromatic heterocycles. The summed E-state index contributed by atoms with van der Waals surface area (Å²) < 4.78 is 37.9. The highest BCUT2D eigenvalue weighted by atomic mass is 32.2. The Morgan fingerprint density at radius 2 is 1.80 bits per heavy atom. The normalized spacial score (nSPS) is 13.9. The van der Waals surface area contributed by atoms with Crippen molar-refractivity contribution in [2.75, 3.05) is 6.26 Å². The maximum Gasteiger partial charge on any atom is 0.493 e. The molecular formula is C18H21N6O9PS. The topological polar surface area (TPSA) is 207 Å². The van der Waals surface area contributed by atoms with E-state index in [1.807, 2.05) is 0 Å². The van der Waals surface area contributed by atoms with Crippen LogP contribution in [0.2, 0.25) is 0 Å². The molecule has 0 aliphatic rings. The first-order valence-corrected chi connectivity index (χ1v) is 13.2. The van der Waals surface area contributed by atoms with Crippen LogP contribution < -0.4 is 5.56 Å². The van der Waals surface area contributed by atoms with E-state index in [1.54, 1.807) is 24.3 Å². The minimum Gasteiger partial charge on any atom is -0.301 e. The van der Waals surface area contributed by atoms with Crippen molar-refractivity contribution in [3.63, 3.8) is 0 Å². The largest absolute Gasteiger partial charge is 0.493 e. The van der Waals surface area contributed by atoms with Gasteiger partial charge in [0.2, 0.25) is 0 Å². The first kappa shape index (κ1) is 26.3. The van der Waals surface area contributed by atoms with Crippen molar-refractivity contribution in [3.8, 4) is 16.9 Å². The van der Waals surface area contributed by atoms with Crippen molar-refractivity contribution in [2.24, 2.45) is 0 Å². The summed E-state index contributed by atoms with van der Waals surface area (Å²) in [7, 11) is -9.60. The first-order valence-electron chi connectivity index (χ1n) is 9.73. The van der Waals surface area contributed by atoms with Crippen LogP contribution in [0.25, 0.3) is 16.9 Å². The van der Waals surface area contributed by atoms with E-state index >= 15 is 0 Å². The molecule has 0 fully saturated rings. The van der Waals surface area contributed by atoms with Gasteiger partial charge >= 0.3 is 7.82 Å². The third kappa shape index (κ3) is 6.05. The molecule has 3 aromatic rings. The fraction of sp³-hybridized carbons (Fsp3) is 0.278. The smallest absolute Gasteiger partial charge is 0.301 e. The van der Waals surface area contributed by atoms with Gasteiger partial charge in [0.15, 0.2) is 14.6 Å². The molecule has 3 N–H and O–H groups in total. The summed E-state index contributed by atoms with van der Waals surface area (Å²) >= 11 is 0. The SMILES string of the molecule is CC(CCn1cnc(-c2ccc(-n3nccn3)cc2)cc1=O)(C(=O)N(O)OP(=O)(O)O)S(C)(=O)=O. The van der Waals surface area contributed by atoms with Gasteiger partial charge in [0.1, 0.15) is 0 Å². The fourth-order valence-electron chi connectivity index (χ4n) is 2.99. The number of hydrogen-bond acceptors (Lipinski definition) is 10. The van der Waals surface area contributed by atoms with Crippen molar-refractivity contribution in [1.82, 2.24) is 29.8 Å². The van der Waals surface area contributed by atoms with Gasteiger partial charge in [0.05, 0.1) is 30.1 Å². The number of hydroxylamine groups is 2. The Morgan fingerprint density at radius 1 is 1.20 bits per heavy atom. The Labute approximate surface area is 198 Å². The molecule has 1 amide bonds. The molecule has 2 heterocycles. The Balaban J connectivity index is 1.80. The van der Waals surface area contributed by atoms with E-state index in [9.17, 15) is 27.8 Å². The Kier molecular flexibility index (Phi) is 7.35. The summed E-state index contributed by atoms with van der Waals surface area (Å²) in [5, 5.41) is 16.8. The van der Waals surface area contributed by atoms with Crippen LogP contribution in [0.4, 0.5) is 0 Å². The Morgan fingerprint density at radius 3 is 2.31 bits per heavy atom. The van der Waals surface area contributed by atoms with E-state index in [0.717, 1.165) is 17.8 Å². The van der Waals surface area contributed by atoms with Crippen molar-refractivity contribution in [1.29, 1.82) is 0 Å². The quantitative estimate of drug-likeness (QED) is 0.189. The molecule has 1 aromatic carbocycles. The van der Waals surface area contributed by atoms with Crippen LogP contribution in [-0.4, -0.2) is 70.1 Å². The molecule has 1 atom stereocenters. The van der Waals surface area contributed by atoms with Crippen molar-refractivity contribution >= 4 is 23.6 Å². The number of aryl methyl sites for hydroxylation is 1. The van der Waals surface area contributed by atoms with Gasteiger partial charge in [0.25, 0.3) is 11.5 Å². The van der Waals surface area contributed by atoms with Crippen LogP contribution in [0.5, 0.6) is 0 Å². The molecule has 188 valence electrons. The monoisotopic (exact) mass is 528 g/mol. The molecule has 0 bridgehead atoms. The summed E-state index contributed by atoms with van der Waals surface area (Å²) in [5.74, 6) is -1.65. The number of sulfone groups is 1. The van der Waals surface area contributed by atoms with Gasteiger partial charge in [-0.15, -0.1) is 4.62 Å². The Hall–Kier alpha value is -3.27. The zero-order chi connectivity index (χ0) is 26.0. The highest BCUT2D eigenvalue weighted by Gasteiger charge is 2.47. The lowest BCUT2D eigenvalue weighted by Crippen LogP contribution is -2.51. The number of nitrogens with zero attached hydrogens (tertiary/aromatic N) is 6. The van der Waals surface area contributed by atoms with E-state index < -0.39 is 45.5 Å². The van der Waals surface area contributed by atoms with Gasteiger partial charge in [-0.25, -0.2) is 18.0 Å². The molecule has 0 saturated carbocycles. The summed E-state index contributed by atoms with van der Waals surface area (Å²) in [6, 6.07) is 8.09. The van der Waals surface area contributed by atoms with Gasteiger partial charge < -0.3 is 9.79 Å². The number of carbonyl (C=O) groups excluding carboxylic acids is 1. The molecule has 0 aliphatic carbocycles. The number of benzene rings is 1. The lowest BCUT2D eigenvalue weighted by Gasteiger charge is -2.28. The van der Waals surface area contributed by atoms with Crippen LogP contribution in [0.15, 0.2) is 53.8 Å². The van der Waals surface area contributed by atoms with E-state index in [-0.39, 0.29) is 6.54 Å². The molecule has 3 rings (SSSR count). The molecule has 0 aliphatic heterocycles. The number of hydrogen-bond donors (Lipinski definition) is 3. The van der Waals surface area contributed by atoms with Crippen LogP contribution in [0.3, 0.4) is 0 Å². The molecule has 1 unspecified atom stereocenters. The summed E-state index contributed by atoms with van der Waals surface area (Å²) in [6.07, 6.45) is 4.37. The van der Waals surface area contributed by atoms with Gasteiger partial charge in [-0.3, -0.25) is 19.4 Å². The first-order chi connectivity index (χ1) is 16.2. The lowest BCUT2D eigenvalue weighted by molar-refractivity contribution is -0.274. The van der Waals surface area contributed by atoms with Crippen LogP contribution >= 0.6 is 7.82 Å². The lowest BCUT2D eigenvalue weighted by atomic mass is 10.1. The average Bonchev–Trinajstić information content (AvgIpc) is 3.30. The van der Waals surface area contributed by atoms with Crippen molar-refractivity contribution in [2.45, 2.75) is 24.6 Å². The zero-order valence-electron chi connectivity index (χ0n) is 18.4. The number of phosphoric acid groups is 1. The summed E-state index contributed by atoms with van der Waals surface area (Å²) in [4.78, 5) is 48.2. The summed E-state index contributed by atoms with van der Waals surface area (Å²) in [5.41, 5.74) is 1.09. The third-order valence-corrected chi connectivity index (χ3v) is 7.53. The molecule has 0 spiro atoms. The second kappa shape index (κ2) is 9.77. The van der Waals surface area contributed by atoms with E-state index in [4.69, 9.17) is 9.79 Å². The Bertz CT molecular complexity index is 1420. The fourth-order valence-corrected chi connectivity index (χ4v) is 4.12. The van der Waals surface area contributed by atoms with Gasteiger partial charge in [-0.1, -0.05) is 17.4 Å². The van der Waals surface area contributed by atoms with Gasteiger partial charge in [0, 0.05) is 24.4 Å². The molecule has 17 heteroatoms. The van der Waals surface area contributed by atoms with Gasteiger partial charge in [-0.05, 0) is 25.5 Å². The predicted molar refractivity (Wildman–Crippen MR) is 118 cm³/mol. The van der Waals surface area contributed by atoms with E-state index in [1.165, 1.54) is 23.3 Å². The van der Waals surface area contributed by atoms with Crippen molar-refractivity contribution in [3.05, 3.63) is 59.4 Å². The number of carbonyl (C=O) groups is 1. The highest BCUT2D eigenvalue weighted by Crippen LogP contribution is 2.38. The molecule has 35 heavy (non-hydrogen) atoms. The second-order valence-corrected chi connectivity index (χ2v) is 11.2. The third-order valence-electron chi connectivity index (χ3n) is 5.15. The van der Waals surface area contributed by atoms with Crippen LogP contribution in [0, 0.1) is 0 Å². The van der Waals surface area contributed by atoms with E-state index in [2.05, 4.69) is 19.8 Å². The van der Waals surface area contributed by atoms with Gasteiger partial charge in [-0.2, -0.15) is 15.0 Å². The molecule has 0 radical (unpaired) electrons. The maximum atomic E-state index is 12.6. The summed E-state index contributed by atoms with van der Waals surface area (Å²) in [6.45, 7) is 0.606. The predicted octanol–water partition coefficient (Wildman–Crippen LogP) is -0.0735. The average molecular weight is 528 g/mol. The molecule has 15 nitrogen and oxygen atoms in total. The number of aromatic nitrogens is 5. The maximum absolute atomic E-state index is 12.6. The minimum atomic E-state index is -5.35. The van der Waals surface area contributed by atoms with Crippen molar-refractivity contribution < 1.29 is 37.4 Å². The zero-order valence-corrected chi connectivity index (χ0v) is 20.1. The van der Waals surface area contributed by atoms with Crippen LogP contribution in [0.1, 0.15) is 13.3 Å². The van der Waals surface area contributed by atoms with E-state index in [0.29, 0.717) is 23.2 Å².